The molecule has 10 nitrogen and oxygen atoms in total. The largest absolute Gasteiger partial charge is 0.493 e. The van der Waals surface area contributed by atoms with Crippen LogP contribution in [0.5, 0.6) is 17.2 Å². The van der Waals surface area contributed by atoms with E-state index in [4.69, 9.17) is 24.7 Å². The summed E-state index contributed by atoms with van der Waals surface area (Å²) in [6.07, 6.45) is 4.32. The van der Waals surface area contributed by atoms with Crippen molar-refractivity contribution in [3.63, 3.8) is 0 Å². The Morgan fingerprint density at radius 1 is 1.03 bits per heavy atom. The Labute approximate surface area is 209 Å². The second kappa shape index (κ2) is 14.1. The van der Waals surface area contributed by atoms with Gasteiger partial charge in [0.05, 0.1) is 7.11 Å². The van der Waals surface area contributed by atoms with Crippen LogP contribution in [0, 0.1) is 0 Å². The van der Waals surface area contributed by atoms with Crippen LogP contribution in [0.4, 0.5) is 0 Å². The lowest BCUT2D eigenvalue weighted by Gasteiger charge is -2.25. The van der Waals surface area contributed by atoms with E-state index >= 15 is 0 Å². The Hall–Kier alpha value is -4.47. The highest BCUT2D eigenvalue weighted by Crippen LogP contribution is 2.29. The number of primary amides is 1. The van der Waals surface area contributed by atoms with E-state index in [0.717, 1.165) is 11.3 Å². The van der Waals surface area contributed by atoms with E-state index in [9.17, 15) is 14.4 Å². The summed E-state index contributed by atoms with van der Waals surface area (Å²) in [4.78, 5) is 41.1. The van der Waals surface area contributed by atoms with E-state index in [1.54, 1.807) is 19.3 Å². The summed E-state index contributed by atoms with van der Waals surface area (Å²) < 4.78 is 21.1. The molecule has 36 heavy (non-hydrogen) atoms. The number of ether oxygens (including phenoxy) is 4. The molecule has 0 saturated carbocycles. The first-order chi connectivity index (χ1) is 17.3. The maximum atomic E-state index is 11.5. The Morgan fingerprint density at radius 3 is 2.31 bits per heavy atom. The third-order valence-electron chi connectivity index (χ3n) is 4.62. The van der Waals surface area contributed by atoms with Crippen LogP contribution in [0.15, 0.2) is 67.1 Å². The number of carbonyl (C=O) groups excluding carboxylic acids is 3. The number of hydrogen-bond acceptors (Lipinski definition) is 9. The fourth-order valence-corrected chi connectivity index (χ4v) is 2.99. The number of aromatic nitrogens is 2. The Balaban J connectivity index is 0.000000269. The highest BCUT2D eigenvalue weighted by Gasteiger charge is 2.24. The smallest absolute Gasteiger partial charge is 0.308 e. The molecule has 0 aliphatic carbocycles. The number of para-hydroxylation sites is 1. The molecule has 190 valence electrons. The second-order valence-electron chi connectivity index (χ2n) is 7.34. The number of esters is 2. The number of rotatable bonds is 9. The van der Waals surface area contributed by atoms with Crippen molar-refractivity contribution in [2.24, 2.45) is 5.73 Å². The highest BCUT2D eigenvalue weighted by molar-refractivity contribution is 5.95. The lowest BCUT2D eigenvalue weighted by atomic mass is 10.1. The summed E-state index contributed by atoms with van der Waals surface area (Å²) in [5.41, 5.74) is 5.80. The minimum Gasteiger partial charge on any atom is -0.493 e. The van der Waals surface area contributed by atoms with Gasteiger partial charge < -0.3 is 24.7 Å². The van der Waals surface area contributed by atoms with Gasteiger partial charge in [0.15, 0.2) is 17.5 Å². The van der Waals surface area contributed by atoms with Gasteiger partial charge in [-0.2, -0.15) is 0 Å². The molecule has 2 unspecified atom stereocenters. The predicted octanol–water partition coefficient (Wildman–Crippen LogP) is 3.66. The average Bonchev–Trinajstić information content (AvgIpc) is 2.88. The minimum atomic E-state index is -0.787. The topological polar surface area (TPSA) is 140 Å². The van der Waals surface area contributed by atoms with Gasteiger partial charge in [-0.15, -0.1) is 0 Å². The Morgan fingerprint density at radius 2 is 1.75 bits per heavy atom. The van der Waals surface area contributed by atoms with Gasteiger partial charge in [-0.1, -0.05) is 31.2 Å². The van der Waals surface area contributed by atoms with Gasteiger partial charge in [0.25, 0.3) is 5.91 Å². The van der Waals surface area contributed by atoms with Crippen LogP contribution in [0.2, 0.25) is 0 Å². The Kier molecular flexibility index (Phi) is 10.8. The second-order valence-corrected chi connectivity index (χ2v) is 7.34. The molecule has 1 amide bonds. The van der Waals surface area contributed by atoms with Crippen LogP contribution < -0.4 is 19.9 Å². The standard InChI is InChI=1S/C17H19NO3.C9H10N2O4/c1-3-16(19)20-13(2)17(14-8-7-11-18-12-14)21-15-9-5-4-6-10-15;1-5(12)15-8-6(14-2)3-4-11-7(8)9(10)13/h4-13,17H,3H2,1-2H3;3-4H,1-2H3,(H2,10,13). The Bertz CT molecular complexity index is 1140. The lowest BCUT2D eigenvalue weighted by molar-refractivity contribution is -0.152. The summed E-state index contributed by atoms with van der Waals surface area (Å²) in [5, 5.41) is 0. The number of hydrogen-bond donors (Lipinski definition) is 1. The minimum absolute atomic E-state index is 0.0556. The van der Waals surface area contributed by atoms with E-state index in [1.807, 2.05) is 49.4 Å². The molecule has 0 saturated heterocycles. The predicted molar refractivity (Wildman–Crippen MR) is 131 cm³/mol. The maximum absolute atomic E-state index is 11.5. The summed E-state index contributed by atoms with van der Waals surface area (Å²) in [6, 6.07) is 14.7. The van der Waals surface area contributed by atoms with Gasteiger partial charge in [-0.25, -0.2) is 4.98 Å². The van der Waals surface area contributed by atoms with Crippen molar-refractivity contribution in [3.8, 4) is 17.2 Å². The third-order valence-corrected chi connectivity index (χ3v) is 4.62. The van der Waals surface area contributed by atoms with Crippen molar-refractivity contribution >= 4 is 17.8 Å². The zero-order valence-corrected chi connectivity index (χ0v) is 20.5. The lowest BCUT2D eigenvalue weighted by Crippen LogP contribution is -2.26. The highest BCUT2D eigenvalue weighted by atomic mass is 16.6. The first kappa shape index (κ1) is 27.8. The van der Waals surface area contributed by atoms with Crippen molar-refractivity contribution in [1.82, 2.24) is 9.97 Å². The van der Waals surface area contributed by atoms with E-state index in [0.29, 0.717) is 6.42 Å². The molecule has 0 radical (unpaired) electrons. The summed E-state index contributed by atoms with van der Waals surface area (Å²) in [5.74, 6) is -0.707. The van der Waals surface area contributed by atoms with Gasteiger partial charge in [-0.3, -0.25) is 19.4 Å². The SMILES string of the molecule is CCC(=O)OC(C)C(Oc1ccccc1)c1cccnc1.COc1ccnc(C(N)=O)c1OC(C)=O. The normalized spacial score (nSPS) is 11.7. The third kappa shape index (κ3) is 8.39. The molecule has 0 aliphatic rings. The summed E-state index contributed by atoms with van der Waals surface area (Å²) >= 11 is 0. The van der Waals surface area contributed by atoms with Crippen LogP contribution in [-0.2, 0) is 14.3 Å². The molecule has 2 atom stereocenters. The number of amides is 1. The molecule has 1 aromatic carbocycles. The zero-order chi connectivity index (χ0) is 26.5. The van der Waals surface area contributed by atoms with Crippen LogP contribution >= 0.6 is 0 Å². The average molecular weight is 496 g/mol. The van der Waals surface area contributed by atoms with Crippen molar-refractivity contribution in [2.75, 3.05) is 7.11 Å². The van der Waals surface area contributed by atoms with E-state index in [2.05, 4.69) is 9.97 Å². The van der Waals surface area contributed by atoms with Gasteiger partial charge in [0.1, 0.15) is 11.9 Å². The van der Waals surface area contributed by atoms with Crippen molar-refractivity contribution in [1.29, 1.82) is 0 Å². The monoisotopic (exact) mass is 495 g/mol. The summed E-state index contributed by atoms with van der Waals surface area (Å²) in [7, 11) is 1.38. The van der Waals surface area contributed by atoms with Crippen LogP contribution in [0.25, 0.3) is 0 Å². The number of nitrogens with two attached hydrogens (primary N) is 1. The van der Waals surface area contributed by atoms with E-state index < -0.39 is 24.1 Å². The summed E-state index contributed by atoms with van der Waals surface area (Å²) in [6.45, 7) is 4.80. The number of methoxy groups -OCH3 is 1. The molecular weight excluding hydrogens is 466 g/mol. The molecule has 0 fully saturated rings. The number of pyridine rings is 2. The number of nitrogens with zero attached hydrogens (tertiary/aromatic N) is 2. The molecule has 3 rings (SSSR count). The van der Waals surface area contributed by atoms with Gasteiger partial charge >= 0.3 is 11.9 Å². The zero-order valence-electron chi connectivity index (χ0n) is 20.5. The van der Waals surface area contributed by atoms with Crippen LogP contribution in [0.1, 0.15) is 49.3 Å². The molecule has 0 aliphatic heterocycles. The van der Waals surface area contributed by atoms with Gasteiger partial charge in [0, 0.05) is 43.6 Å². The molecule has 10 heteroatoms. The van der Waals surface area contributed by atoms with Crippen molar-refractivity contribution in [2.45, 2.75) is 39.4 Å². The molecule has 2 heterocycles. The number of benzene rings is 1. The quantitative estimate of drug-likeness (QED) is 0.440. The number of carbonyl (C=O) groups is 3. The first-order valence-corrected chi connectivity index (χ1v) is 11.1. The van der Waals surface area contributed by atoms with E-state index in [1.165, 1.54) is 26.3 Å². The van der Waals surface area contributed by atoms with Crippen LogP contribution in [0.3, 0.4) is 0 Å². The molecule has 0 spiro atoms. The molecule has 0 bridgehead atoms. The van der Waals surface area contributed by atoms with Gasteiger partial charge in [0.2, 0.25) is 5.75 Å². The maximum Gasteiger partial charge on any atom is 0.308 e. The van der Waals surface area contributed by atoms with Crippen molar-refractivity contribution in [3.05, 3.63) is 78.4 Å². The van der Waals surface area contributed by atoms with Crippen molar-refractivity contribution < 1.29 is 33.3 Å². The van der Waals surface area contributed by atoms with Crippen LogP contribution in [-0.4, -0.2) is 41.0 Å². The molecular formula is C26H29N3O7. The molecule has 2 N–H and O–H groups in total. The molecule has 3 aromatic rings. The van der Waals surface area contributed by atoms with Gasteiger partial charge in [-0.05, 0) is 25.1 Å². The molecule has 2 aromatic heterocycles. The first-order valence-electron chi connectivity index (χ1n) is 11.1. The fourth-order valence-electron chi connectivity index (χ4n) is 2.99. The van der Waals surface area contributed by atoms with E-state index in [-0.39, 0.29) is 23.2 Å². The fraction of sp³-hybridized carbons (Fsp3) is 0.269.